The number of hydrogen-bond acceptors (Lipinski definition) is 6. The predicted octanol–water partition coefficient (Wildman–Crippen LogP) is 4.64. The number of nitrogens with zero attached hydrogens (tertiary/aromatic N) is 1. The molecular formula is C15H20N2S5. The Bertz CT molecular complexity index is 754. The summed E-state index contributed by atoms with van der Waals surface area (Å²) in [6.07, 6.45) is 3.36. The van der Waals surface area contributed by atoms with Crippen molar-refractivity contribution in [3.63, 3.8) is 0 Å². The van der Waals surface area contributed by atoms with E-state index in [9.17, 15) is 0 Å². The number of H-pyrrole nitrogens is 1. The Morgan fingerprint density at radius 2 is 1.68 bits per heavy atom. The number of fused-ring (bicyclic) bond motifs is 1. The smallest absolute Gasteiger partial charge is 0.0735 e. The fourth-order valence-electron chi connectivity index (χ4n) is 3.36. The number of aromatic amines is 1. The van der Waals surface area contributed by atoms with Crippen LogP contribution in [0.1, 0.15) is 25.3 Å². The van der Waals surface area contributed by atoms with E-state index in [-0.39, 0.29) is 5.54 Å². The minimum Gasteiger partial charge on any atom is -0.349 e. The van der Waals surface area contributed by atoms with Crippen LogP contribution < -0.4 is 0 Å². The topological polar surface area (TPSA) is 19.0 Å². The number of hydrogen-bond donors (Lipinski definition) is 6. The fraction of sp³-hybridized carbons (Fsp3) is 0.467. The quantitative estimate of drug-likeness (QED) is 0.414. The second-order valence-corrected chi connectivity index (χ2v) is 8.53. The summed E-state index contributed by atoms with van der Waals surface area (Å²) < 4.78 is 0. The van der Waals surface area contributed by atoms with Gasteiger partial charge in [-0.05, 0) is 45.3 Å². The van der Waals surface area contributed by atoms with Gasteiger partial charge in [-0.25, -0.2) is 0 Å². The Hall–Kier alpha value is 0.470. The molecule has 2 heterocycles. The van der Waals surface area contributed by atoms with Crippen molar-refractivity contribution < 1.29 is 0 Å². The van der Waals surface area contributed by atoms with Crippen molar-refractivity contribution in [2.24, 2.45) is 0 Å². The first kappa shape index (κ1) is 17.3. The minimum atomic E-state index is 0.153. The van der Waals surface area contributed by atoms with Crippen LogP contribution in [0, 0.1) is 0 Å². The number of rotatable bonds is 2. The minimum absolute atomic E-state index is 0.153. The molecule has 3 rings (SSSR count). The maximum absolute atomic E-state index is 4.68. The molecule has 1 aliphatic rings. The Morgan fingerprint density at radius 3 is 2.27 bits per heavy atom. The number of thiol groups is 5. The number of nitrogens with one attached hydrogen (secondary N) is 1. The average Bonchev–Trinajstić information content (AvgIpc) is 2.96. The van der Waals surface area contributed by atoms with Gasteiger partial charge in [0, 0.05) is 30.5 Å². The third-order valence-electron chi connectivity index (χ3n) is 4.92. The number of likely N-dealkylation sites (tertiary alicyclic amines) is 1. The van der Waals surface area contributed by atoms with Gasteiger partial charge in [-0.1, -0.05) is 0 Å². The third kappa shape index (κ3) is 2.62. The first-order chi connectivity index (χ1) is 10.3. The van der Waals surface area contributed by atoms with Crippen molar-refractivity contribution in [3.05, 3.63) is 5.56 Å². The van der Waals surface area contributed by atoms with E-state index in [1.807, 2.05) is 0 Å². The summed E-state index contributed by atoms with van der Waals surface area (Å²) in [5, 5.41) is 1.96. The van der Waals surface area contributed by atoms with Gasteiger partial charge < -0.3 is 9.88 Å². The van der Waals surface area contributed by atoms with Crippen LogP contribution in [0.4, 0.5) is 0 Å². The van der Waals surface area contributed by atoms with Gasteiger partial charge in [-0.3, -0.25) is 0 Å². The Balaban J connectivity index is 2.20. The summed E-state index contributed by atoms with van der Waals surface area (Å²) in [6.45, 7) is 3.46. The lowest BCUT2D eigenvalue weighted by Crippen LogP contribution is -2.40. The lowest BCUT2D eigenvalue weighted by molar-refractivity contribution is 0.194. The molecule has 0 bridgehead atoms. The molecule has 1 saturated heterocycles. The zero-order chi connectivity index (χ0) is 16.2. The maximum atomic E-state index is 4.68. The molecule has 120 valence electrons. The average molecular weight is 389 g/mol. The van der Waals surface area contributed by atoms with Crippen molar-refractivity contribution in [2.45, 2.75) is 56.3 Å². The molecule has 1 fully saturated rings. The monoisotopic (exact) mass is 388 g/mol. The Labute approximate surface area is 158 Å². The first-order valence-corrected chi connectivity index (χ1v) is 9.40. The van der Waals surface area contributed by atoms with Crippen LogP contribution in [-0.4, -0.2) is 29.0 Å². The number of aromatic nitrogens is 1. The molecule has 1 aromatic heterocycles. The van der Waals surface area contributed by atoms with E-state index >= 15 is 0 Å². The third-order valence-corrected chi connectivity index (χ3v) is 7.62. The summed E-state index contributed by atoms with van der Waals surface area (Å²) in [6, 6.07) is 0. The summed E-state index contributed by atoms with van der Waals surface area (Å²) in [7, 11) is 2.20. The van der Waals surface area contributed by atoms with E-state index in [0.717, 1.165) is 48.5 Å². The predicted molar refractivity (Wildman–Crippen MR) is 109 cm³/mol. The van der Waals surface area contributed by atoms with Gasteiger partial charge in [0.05, 0.1) is 10.5 Å². The van der Waals surface area contributed by atoms with E-state index < -0.39 is 0 Å². The molecule has 2 nitrogen and oxygen atoms in total. The molecular weight excluding hydrogens is 369 g/mol. The summed E-state index contributed by atoms with van der Waals surface area (Å²) in [4.78, 5) is 8.94. The Morgan fingerprint density at radius 1 is 1.05 bits per heavy atom. The van der Waals surface area contributed by atoms with Crippen molar-refractivity contribution in [1.29, 1.82) is 0 Å². The maximum Gasteiger partial charge on any atom is 0.0735 e. The number of benzene rings is 1. The van der Waals surface area contributed by atoms with E-state index in [2.05, 4.69) is 87.0 Å². The van der Waals surface area contributed by atoms with E-state index in [4.69, 9.17) is 0 Å². The van der Waals surface area contributed by atoms with E-state index in [0.29, 0.717) is 0 Å². The van der Waals surface area contributed by atoms with Crippen molar-refractivity contribution in [2.75, 3.05) is 13.6 Å². The molecule has 7 heteroatoms. The number of likely N-dealkylation sites (N-methyl/N-ethyl adjacent to an activating group) is 1. The highest BCUT2D eigenvalue weighted by Gasteiger charge is 2.35. The second-order valence-electron chi connectivity index (χ2n) is 6.30. The lowest BCUT2D eigenvalue weighted by Gasteiger charge is -2.32. The van der Waals surface area contributed by atoms with Crippen LogP contribution in [0.15, 0.2) is 24.6 Å². The molecule has 0 unspecified atom stereocenters. The normalized spacial score (nSPS) is 22.9. The SMILES string of the molecule is CN1CCC[C@]1(C)Cc1c(S)[nH]c2c(S)c(S)c(S)c(S)c12. The summed E-state index contributed by atoms with van der Waals surface area (Å²) in [5.74, 6) is 0. The van der Waals surface area contributed by atoms with Gasteiger partial charge in [0.25, 0.3) is 0 Å². The molecule has 1 atom stereocenters. The van der Waals surface area contributed by atoms with Crippen molar-refractivity contribution in [3.8, 4) is 0 Å². The van der Waals surface area contributed by atoms with Crippen molar-refractivity contribution >= 4 is 74.0 Å². The van der Waals surface area contributed by atoms with Crippen LogP contribution in [0.2, 0.25) is 0 Å². The molecule has 0 aliphatic carbocycles. The highest BCUT2D eigenvalue weighted by molar-refractivity contribution is 7.86. The highest BCUT2D eigenvalue weighted by Crippen LogP contribution is 2.44. The van der Waals surface area contributed by atoms with Crippen LogP contribution in [0.25, 0.3) is 10.9 Å². The largest absolute Gasteiger partial charge is 0.349 e. The van der Waals surface area contributed by atoms with Gasteiger partial charge in [-0.15, -0.1) is 63.1 Å². The molecule has 0 amide bonds. The lowest BCUT2D eigenvalue weighted by atomic mass is 9.90. The molecule has 22 heavy (non-hydrogen) atoms. The molecule has 1 N–H and O–H groups in total. The summed E-state index contributed by atoms with van der Waals surface area (Å²) in [5.41, 5.74) is 2.29. The van der Waals surface area contributed by atoms with Crippen LogP contribution >= 0.6 is 63.1 Å². The molecule has 0 saturated carbocycles. The highest BCUT2D eigenvalue weighted by atomic mass is 32.1. The second kappa shape index (κ2) is 6.08. The molecule has 1 aromatic carbocycles. The van der Waals surface area contributed by atoms with Gasteiger partial charge in [-0.2, -0.15) is 0 Å². The van der Waals surface area contributed by atoms with Crippen LogP contribution in [0.3, 0.4) is 0 Å². The molecule has 2 aromatic rings. The zero-order valence-electron chi connectivity index (χ0n) is 12.5. The standard InChI is InChI=1S/C15H20N2S5/c1-15(4-3-5-17(15)2)6-7-8-9(16-14(7)22)11(19)13(21)12(20)10(8)18/h16,18-22H,3-6H2,1-2H3/t15-/m1/s1. The fourth-order valence-corrected chi connectivity index (χ4v) is 4.92. The molecule has 0 radical (unpaired) electrons. The van der Waals surface area contributed by atoms with E-state index in [1.54, 1.807) is 0 Å². The molecule has 1 aliphatic heterocycles. The van der Waals surface area contributed by atoms with E-state index in [1.165, 1.54) is 18.4 Å². The van der Waals surface area contributed by atoms with Gasteiger partial charge >= 0.3 is 0 Å². The van der Waals surface area contributed by atoms with Crippen LogP contribution in [0.5, 0.6) is 0 Å². The summed E-state index contributed by atoms with van der Waals surface area (Å²) >= 11 is 23.0. The van der Waals surface area contributed by atoms with Gasteiger partial charge in [0.2, 0.25) is 0 Å². The zero-order valence-corrected chi connectivity index (χ0v) is 17.0. The van der Waals surface area contributed by atoms with Crippen LogP contribution in [-0.2, 0) is 6.42 Å². The van der Waals surface area contributed by atoms with Gasteiger partial charge in [0.1, 0.15) is 0 Å². The molecule has 0 spiro atoms. The van der Waals surface area contributed by atoms with Crippen molar-refractivity contribution in [1.82, 2.24) is 9.88 Å². The first-order valence-electron chi connectivity index (χ1n) is 7.17. The Kier molecular flexibility index (Phi) is 4.78. The van der Waals surface area contributed by atoms with Gasteiger partial charge in [0.15, 0.2) is 0 Å².